The molecular weight excluding hydrogens is 354 g/mol. The van der Waals surface area contributed by atoms with Gasteiger partial charge in [-0.1, -0.05) is 0 Å². The van der Waals surface area contributed by atoms with E-state index in [1.165, 1.54) is 24.3 Å². The minimum atomic E-state index is -4.84. The Bertz CT molecular complexity index is 714. The van der Waals surface area contributed by atoms with Gasteiger partial charge in [0.2, 0.25) is 0 Å². The van der Waals surface area contributed by atoms with Crippen LogP contribution >= 0.6 is 0 Å². The zero-order valence-electron chi connectivity index (χ0n) is 12.1. The van der Waals surface area contributed by atoms with Crippen LogP contribution in [0.2, 0.25) is 0 Å². The highest BCUT2D eigenvalue weighted by atomic mass is 19.4. The molecule has 0 atom stereocenters. The number of hydrogen-bond donors (Lipinski definition) is 0. The van der Waals surface area contributed by atoms with Crippen molar-refractivity contribution in [3.63, 3.8) is 0 Å². The van der Waals surface area contributed by atoms with E-state index in [0.29, 0.717) is 0 Å². The van der Waals surface area contributed by atoms with E-state index in [0.717, 1.165) is 24.3 Å². The average Bonchev–Trinajstić information content (AvgIpc) is 2.48. The summed E-state index contributed by atoms with van der Waals surface area (Å²) >= 11 is 0. The fraction of sp³-hybridized carbons (Fsp3) is 0.133. The lowest BCUT2D eigenvalue weighted by molar-refractivity contribution is -0.275. The quantitative estimate of drug-likeness (QED) is 0.347. The molecule has 0 unspecified atom stereocenters. The number of nitrogens with zero attached hydrogens (tertiary/aromatic N) is 2. The Labute approximate surface area is 136 Å². The maximum Gasteiger partial charge on any atom is 0.573 e. The van der Waals surface area contributed by atoms with Crippen LogP contribution in [0.1, 0.15) is 11.1 Å². The summed E-state index contributed by atoms with van der Waals surface area (Å²) in [5.74, 6) is -0.940. The van der Waals surface area contributed by atoms with E-state index < -0.39 is 24.2 Å². The number of benzene rings is 2. The molecule has 2 aromatic carbocycles. The Morgan fingerprint density at radius 1 is 0.680 bits per heavy atom. The standard InChI is InChI=1S/C15H8F6N2O2/c16-14(17,18)24-11-5-1-9(2-6-11)13(23-22)10-3-7-12(8-4-10)25-15(19,20)21/h1-8H. The smallest absolute Gasteiger partial charge is 0.406 e. The van der Waals surface area contributed by atoms with Gasteiger partial charge in [-0.25, -0.2) is 0 Å². The second kappa shape index (κ2) is 6.86. The van der Waals surface area contributed by atoms with Crippen LogP contribution in [-0.4, -0.2) is 23.2 Å². The Morgan fingerprint density at radius 2 is 1.00 bits per heavy atom. The molecule has 10 heteroatoms. The Balaban J connectivity index is 2.21. The zero-order chi connectivity index (χ0) is 18.7. The number of halogens is 6. The molecule has 0 aliphatic heterocycles. The molecule has 2 rings (SSSR count). The lowest BCUT2D eigenvalue weighted by Gasteiger charge is -2.09. The van der Waals surface area contributed by atoms with E-state index in [4.69, 9.17) is 5.53 Å². The first-order valence-corrected chi connectivity index (χ1v) is 6.52. The minimum Gasteiger partial charge on any atom is -0.406 e. The summed E-state index contributed by atoms with van der Waals surface area (Å²) in [5.41, 5.74) is 9.50. The third kappa shape index (κ3) is 5.54. The van der Waals surface area contributed by atoms with E-state index in [1.807, 2.05) is 0 Å². The molecule has 0 aromatic heterocycles. The largest absolute Gasteiger partial charge is 0.573 e. The predicted molar refractivity (Wildman–Crippen MR) is 73.1 cm³/mol. The first-order valence-electron chi connectivity index (χ1n) is 6.52. The SMILES string of the molecule is [N-]=[N+]=C(c1ccc(OC(F)(F)F)cc1)c1ccc(OC(F)(F)F)cc1. The summed E-state index contributed by atoms with van der Waals surface area (Å²) in [5, 5.41) is 0. The topological polar surface area (TPSA) is 54.9 Å². The maximum absolute atomic E-state index is 12.1. The lowest BCUT2D eigenvalue weighted by Crippen LogP contribution is -2.17. The van der Waals surface area contributed by atoms with E-state index in [1.54, 1.807) is 0 Å². The van der Waals surface area contributed by atoms with Crippen LogP contribution in [0.3, 0.4) is 0 Å². The van der Waals surface area contributed by atoms with Crippen LogP contribution in [0.5, 0.6) is 11.5 Å². The first-order chi connectivity index (χ1) is 11.6. The van der Waals surface area contributed by atoms with Gasteiger partial charge in [-0.15, -0.1) is 26.3 Å². The Morgan fingerprint density at radius 3 is 1.24 bits per heavy atom. The average molecular weight is 362 g/mol. The number of hydrogen-bond acceptors (Lipinski definition) is 2. The molecule has 0 aliphatic rings. The van der Waals surface area contributed by atoms with Crippen LogP contribution in [0, 0.1) is 0 Å². The summed E-state index contributed by atoms with van der Waals surface area (Å²) < 4.78 is 80.1. The molecule has 0 N–H and O–H groups in total. The molecule has 0 saturated carbocycles. The van der Waals surface area contributed by atoms with Crippen molar-refractivity contribution < 1.29 is 40.6 Å². The van der Waals surface area contributed by atoms with E-state index >= 15 is 0 Å². The number of alkyl halides is 6. The van der Waals surface area contributed by atoms with Gasteiger partial charge in [0, 0.05) is 0 Å². The molecule has 0 aliphatic carbocycles. The normalized spacial score (nSPS) is 11.6. The van der Waals surface area contributed by atoms with Gasteiger partial charge in [0.25, 0.3) is 0 Å². The third-order valence-electron chi connectivity index (χ3n) is 2.82. The van der Waals surface area contributed by atoms with Gasteiger partial charge in [-0.05, 0) is 48.5 Å². The first kappa shape index (κ1) is 18.3. The van der Waals surface area contributed by atoms with Gasteiger partial charge >= 0.3 is 18.4 Å². The molecule has 0 heterocycles. The summed E-state index contributed by atoms with van der Waals surface area (Å²) in [4.78, 5) is 3.03. The van der Waals surface area contributed by atoms with Crippen LogP contribution in [0.4, 0.5) is 26.3 Å². The van der Waals surface area contributed by atoms with Gasteiger partial charge in [0.1, 0.15) is 11.5 Å². The molecule has 0 amide bonds. The van der Waals surface area contributed by atoms with Crippen molar-refractivity contribution in [3.8, 4) is 11.5 Å². The molecule has 25 heavy (non-hydrogen) atoms. The molecule has 0 saturated heterocycles. The zero-order valence-corrected chi connectivity index (χ0v) is 12.1. The van der Waals surface area contributed by atoms with Crippen LogP contribution in [0.25, 0.3) is 5.53 Å². The molecule has 0 radical (unpaired) electrons. The fourth-order valence-corrected chi connectivity index (χ4v) is 1.91. The van der Waals surface area contributed by atoms with Crippen LogP contribution < -0.4 is 9.47 Å². The van der Waals surface area contributed by atoms with E-state index in [-0.39, 0.29) is 16.8 Å². The number of ether oxygens (including phenoxy) is 2. The van der Waals surface area contributed by atoms with Crippen molar-refractivity contribution >= 4 is 5.71 Å². The molecule has 0 bridgehead atoms. The molecule has 0 fully saturated rings. The van der Waals surface area contributed by atoms with Crippen molar-refractivity contribution in [1.29, 1.82) is 0 Å². The Kier molecular flexibility index (Phi) is 5.03. The predicted octanol–water partition coefficient (Wildman–Crippen LogP) is 4.55. The molecule has 0 spiro atoms. The minimum absolute atomic E-state index is 0.0582. The van der Waals surface area contributed by atoms with Crippen molar-refractivity contribution in [3.05, 3.63) is 65.2 Å². The lowest BCUT2D eigenvalue weighted by atomic mass is 10.0. The van der Waals surface area contributed by atoms with Gasteiger partial charge in [0.15, 0.2) is 0 Å². The van der Waals surface area contributed by atoms with Gasteiger partial charge in [0.05, 0.1) is 11.1 Å². The summed E-state index contributed by atoms with van der Waals surface area (Å²) in [6.07, 6.45) is -9.69. The van der Waals surface area contributed by atoms with Crippen LogP contribution in [0.15, 0.2) is 48.5 Å². The fourth-order valence-electron chi connectivity index (χ4n) is 1.91. The molecule has 2 aromatic rings. The molecular formula is C15H8F6N2O2. The maximum atomic E-state index is 12.1. The van der Waals surface area contributed by atoms with Crippen molar-refractivity contribution in [1.82, 2.24) is 0 Å². The second-order valence-corrected chi connectivity index (χ2v) is 4.59. The van der Waals surface area contributed by atoms with E-state index in [9.17, 15) is 26.3 Å². The summed E-state index contributed by atoms with van der Waals surface area (Å²) in [6.45, 7) is 0. The van der Waals surface area contributed by atoms with Crippen LogP contribution in [-0.2, 0) is 0 Å². The van der Waals surface area contributed by atoms with Gasteiger partial charge < -0.3 is 15.0 Å². The van der Waals surface area contributed by atoms with Crippen molar-refractivity contribution in [2.24, 2.45) is 0 Å². The van der Waals surface area contributed by atoms with Crippen molar-refractivity contribution in [2.75, 3.05) is 0 Å². The van der Waals surface area contributed by atoms with Gasteiger partial charge in [-0.2, -0.15) is 4.79 Å². The molecule has 132 valence electrons. The third-order valence-corrected chi connectivity index (χ3v) is 2.82. The highest BCUT2D eigenvalue weighted by Gasteiger charge is 2.32. The van der Waals surface area contributed by atoms with E-state index in [2.05, 4.69) is 14.3 Å². The number of rotatable bonds is 4. The second-order valence-electron chi connectivity index (χ2n) is 4.59. The monoisotopic (exact) mass is 362 g/mol. The molecule has 4 nitrogen and oxygen atoms in total. The Hall–Kier alpha value is -3.00. The summed E-state index contributed by atoms with van der Waals surface area (Å²) in [7, 11) is 0. The highest BCUT2D eigenvalue weighted by molar-refractivity contribution is 6.09. The van der Waals surface area contributed by atoms with Crippen molar-refractivity contribution in [2.45, 2.75) is 12.7 Å². The highest BCUT2D eigenvalue weighted by Crippen LogP contribution is 2.25. The van der Waals surface area contributed by atoms with Gasteiger partial charge in [-0.3, -0.25) is 0 Å². The summed E-state index contributed by atoms with van der Waals surface area (Å²) in [6, 6.07) is 8.85.